The second-order valence-corrected chi connectivity index (χ2v) is 6.72. The van der Waals surface area contributed by atoms with Crippen LogP contribution in [0.4, 0.5) is 0 Å². The van der Waals surface area contributed by atoms with Gasteiger partial charge in [-0.15, -0.1) is 0 Å². The van der Waals surface area contributed by atoms with Crippen LogP contribution in [0, 0.1) is 0 Å². The van der Waals surface area contributed by atoms with E-state index in [4.69, 9.17) is 10.5 Å². The molecule has 1 amide bonds. The van der Waals surface area contributed by atoms with Crippen LogP contribution in [-0.4, -0.2) is 47.6 Å². The molecule has 1 aliphatic rings. The van der Waals surface area contributed by atoms with Crippen molar-refractivity contribution in [1.82, 2.24) is 15.1 Å². The largest absolute Gasteiger partial charge is 0.497 e. The van der Waals surface area contributed by atoms with Gasteiger partial charge in [0.05, 0.1) is 19.3 Å². The van der Waals surface area contributed by atoms with Gasteiger partial charge in [0.1, 0.15) is 12.3 Å². The first-order valence-electron chi connectivity index (χ1n) is 9.41. The second kappa shape index (κ2) is 9.68. The van der Waals surface area contributed by atoms with Crippen LogP contribution in [0.15, 0.2) is 46.6 Å². The summed E-state index contributed by atoms with van der Waals surface area (Å²) in [5, 5.41) is 7.20. The molecule has 1 aromatic heterocycles. The first kappa shape index (κ1) is 19.6. The Kier molecular flexibility index (Phi) is 6.78. The Labute approximate surface area is 164 Å². The third-order valence-electron chi connectivity index (χ3n) is 4.53. The Morgan fingerprint density at radius 2 is 2.07 bits per heavy atom. The van der Waals surface area contributed by atoms with Gasteiger partial charge in [0.15, 0.2) is 0 Å². The van der Waals surface area contributed by atoms with Crippen molar-refractivity contribution >= 4 is 18.1 Å². The van der Waals surface area contributed by atoms with Gasteiger partial charge in [0, 0.05) is 19.0 Å². The molecule has 0 fully saturated rings. The lowest BCUT2D eigenvalue weighted by molar-refractivity contribution is -0.121. The van der Waals surface area contributed by atoms with E-state index in [2.05, 4.69) is 20.4 Å². The second-order valence-electron chi connectivity index (χ2n) is 6.72. The Hall–Kier alpha value is -3.16. The van der Waals surface area contributed by atoms with Gasteiger partial charge in [-0.05, 0) is 48.9 Å². The van der Waals surface area contributed by atoms with Crippen molar-refractivity contribution in [2.45, 2.75) is 38.3 Å². The summed E-state index contributed by atoms with van der Waals surface area (Å²) in [5.41, 5.74) is 7.80. The van der Waals surface area contributed by atoms with E-state index in [9.17, 15) is 4.79 Å². The topological polar surface area (TPSA) is 107 Å². The van der Waals surface area contributed by atoms with Crippen molar-refractivity contribution in [1.29, 1.82) is 0 Å². The van der Waals surface area contributed by atoms with Crippen LogP contribution in [0.3, 0.4) is 0 Å². The van der Waals surface area contributed by atoms with Gasteiger partial charge in [0.25, 0.3) is 0 Å². The Bertz CT molecular complexity index is 841. The number of nitrogens with zero attached hydrogens (tertiary/aromatic N) is 4. The molecule has 0 spiro atoms. The third-order valence-corrected chi connectivity index (χ3v) is 4.53. The minimum absolute atomic E-state index is 0.0462. The molecule has 2 aromatic rings. The molecule has 0 bridgehead atoms. The molecule has 28 heavy (non-hydrogen) atoms. The predicted molar refractivity (Wildman–Crippen MR) is 109 cm³/mol. The molecule has 3 N–H and O–H groups in total. The highest BCUT2D eigenvalue weighted by Crippen LogP contribution is 2.11. The molecule has 0 aliphatic carbocycles. The molecule has 1 aromatic carbocycles. The van der Waals surface area contributed by atoms with Crippen LogP contribution < -0.4 is 15.8 Å². The van der Waals surface area contributed by atoms with E-state index in [1.165, 1.54) is 0 Å². The quantitative estimate of drug-likeness (QED) is 0.646. The summed E-state index contributed by atoms with van der Waals surface area (Å²) in [4.78, 5) is 20.3. The zero-order valence-electron chi connectivity index (χ0n) is 16.0. The van der Waals surface area contributed by atoms with Gasteiger partial charge >= 0.3 is 0 Å². The number of carbonyl (C=O) groups is 1. The first-order valence-corrected chi connectivity index (χ1v) is 9.41. The Morgan fingerprint density at radius 1 is 1.25 bits per heavy atom. The number of amides is 1. The van der Waals surface area contributed by atoms with Crippen LogP contribution in [-0.2, 0) is 24.2 Å². The fourth-order valence-electron chi connectivity index (χ4n) is 3.02. The zero-order chi connectivity index (χ0) is 19.8. The summed E-state index contributed by atoms with van der Waals surface area (Å²) < 4.78 is 6.81. The Balaban J connectivity index is 1.34. The van der Waals surface area contributed by atoms with E-state index >= 15 is 0 Å². The molecule has 1 unspecified atom stereocenters. The number of hydrogen-bond acceptors (Lipinski definition) is 6. The molecule has 2 heterocycles. The molecule has 1 aliphatic heterocycles. The van der Waals surface area contributed by atoms with Gasteiger partial charge in [-0.1, -0.05) is 12.1 Å². The van der Waals surface area contributed by atoms with E-state index in [0.29, 0.717) is 12.5 Å². The van der Waals surface area contributed by atoms with Gasteiger partial charge in [-0.2, -0.15) is 5.10 Å². The average molecular weight is 382 g/mol. The number of aryl methyl sites for hydroxylation is 1. The summed E-state index contributed by atoms with van der Waals surface area (Å²) in [6, 6.07) is 7.93. The van der Waals surface area contributed by atoms with Crippen molar-refractivity contribution in [3.05, 3.63) is 47.8 Å². The highest BCUT2D eigenvalue weighted by Gasteiger charge is 2.10. The van der Waals surface area contributed by atoms with Gasteiger partial charge < -0.3 is 15.8 Å². The predicted octanol–water partition coefficient (Wildman–Crippen LogP) is 1.34. The van der Waals surface area contributed by atoms with Gasteiger partial charge in [-0.3, -0.25) is 9.48 Å². The highest BCUT2D eigenvalue weighted by molar-refractivity contribution is 5.93. The maximum Gasteiger partial charge on any atom is 0.241 e. The van der Waals surface area contributed by atoms with E-state index in [1.807, 2.05) is 36.7 Å². The minimum Gasteiger partial charge on any atom is -0.497 e. The van der Waals surface area contributed by atoms with Gasteiger partial charge in [-0.25, -0.2) is 9.98 Å². The molecule has 8 nitrogen and oxygen atoms in total. The molecule has 1 atom stereocenters. The Morgan fingerprint density at radius 3 is 2.79 bits per heavy atom. The molecule has 3 rings (SSSR count). The van der Waals surface area contributed by atoms with Gasteiger partial charge in [0.2, 0.25) is 11.9 Å². The van der Waals surface area contributed by atoms with Crippen LogP contribution in [0.5, 0.6) is 5.75 Å². The van der Waals surface area contributed by atoms with Crippen molar-refractivity contribution in [3.63, 3.8) is 0 Å². The summed E-state index contributed by atoms with van der Waals surface area (Å²) in [5.74, 6) is 1.14. The molecule has 148 valence electrons. The number of rotatable bonds is 10. The minimum atomic E-state index is -0.0462. The van der Waals surface area contributed by atoms with Crippen LogP contribution in [0.2, 0.25) is 0 Å². The number of aliphatic imine (C=N–C) groups is 2. The number of carbonyl (C=O) groups excluding carboxylic acids is 1. The summed E-state index contributed by atoms with van der Waals surface area (Å²) >= 11 is 0. The summed E-state index contributed by atoms with van der Waals surface area (Å²) in [6.45, 7) is 0.810. The molecule has 0 saturated carbocycles. The summed E-state index contributed by atoms with van der Waals surface area (Å²) in [7, 11) is 1.64. The smallest absolute Gasteiger partial charge is 0.241 e. The number of ether oxygens (including phenoxy) is 1. The molecule has 8 heteroatoms. The highest BCUT2D eigenvalue weighted by atomic mass is 16.5. The number of nitrogens with one attached hydrogen (secondary N) is 1. The van der Waals surface area contributed by atoms with Crippen LogP contribution in [0.1, 0.15) is 24.0 Å². The fourth-order valence-corrected chi connectivity index (χ4v) is 3.02. The van der Waals surface area contributed by atoms with Crippen molar-refractivity contribution < 1.29 is 9.53 Å². The number of benzene rings is 1. The lowest BCUT2D eigenvalue weighted by Gasteiger charge is -2.06. The first-order chi connectivity index (χ1) is 13.6. The normalized spacial score (nSPS) is 15.5. The lowest BCUT2D eigenvalue weighted by atomic mass is 10.1. The maximum atomic E-state index is 12.1. The van der Waals surface area contributed by atoms with E-state index in [0.717, 1.165) is 42.6 Å². The monoisotopic (exact) mass is 382 g/mol. The third kappa shape index (κ3) is 5.94. The van der Waals surface area contributed by atoms with Crippen LogP contribution >= 0.6 is 0 Å². The SMILES string of the molecule is COc1ccc(CCNC(=O)Cn2cc(CCCC3C=NC(N)=N3)cn2)cc1. The standard InChI is InChI=1S/C20H26N6O2/c1-28-18-7-5-15(6-8-18)9-10-22-19(27)14-26-13-16(11-24-26)3-2-4-17-12-23-20(21)25-17/h5-8,11-13,17H,2-4,9-10,14H2,1H3,(H2,21,25)(H,22,27). The van der Waals surface area contributed by atoms with Crippen molar-refractivity contribution in [2.24, 2.45) is 15.7 Å². The number of nitrogens with two attached hydrogens (primary N) is 1. The van der Waals surface area contributed by atoms with E-state index in [1.54, 1.807) is 18.0 Å². The summed E-state index contributed by atoms with van der Waals surface area (Å²) in [6.07, 6.45) is 9.05. The molecule has 0 saturated heterocycles. The van der Waals surface area contributed by atoms with Crippen molar-refractivity contribution in [2.75, 3.05) is 13.7 Å². The molecular formula is C20H26N6O2. The fraction of sp³-hybridized carbons (Fsp3) is 0.400. The molecular weight excluding hydrogens is 356 g/mol. The molecule has 0 radical (unpaired) electrons. The number of methoxy groups -OCH3 is 1. The number of guanidine groups is 1. The van der Waals surface area contributed by atoms with Crippen LogP contribution in [0.25, 0.3) is 0 Å². The van der Waals surface area contributed by atoms with E-state index < -0.39 is 0 Å². The van der Waals surface area contributed by atoms with Crippen molar-refractivity contribution in [3.8, 4) is 5.75 Å². The number of hydrogen-bond donors (Lipinski definition) is 2. The lowest BCUT2D eigenvalue weighted by Crippen LogP contribution is -2.29. The number of aromatic nitrogens is 2. The zero-order valence-corrected chi connectivity index (χ0v) is 16.0. The van der Waals surface area contributed by atoms with E-state index in [-0.39, 0.29) is 18.5 Å². The average Bonchev–Trinajstić information content (AvgIpc) is 3.31. The maximum absolute atomic E-state index is 12.1.